The van der Waals surface area contributed by atoms with Crippen LogP contribution in [0.1, 0.15) is 11.5 Å². The third-order valence-corrected chi connectivity index (χ3v) is 5.08. The van der Waals surface area contributed by atoms with E-state index < -0.39 is 11.2 Å². The highest BCUT2D eigenvalue weighted by molar-refractivity contribution is 7.98. The molecule has 140 valence electrons. The summed E-state index contributed by atoms with van der Waals surface area (Å²) in [6, 6.07) is 13.9. The molecule has 0 spiro atoms. The summed E-state index contributed by atoms with van der Waals surface area (Å²) < 4.78 is 6.80. The van der Waals surface area contributed by atoms with Crippen LogP contribution in [0.4, 0.5) is 0 Å². The normalized spacial score (nSPS) is 11.0. The van der Waals surface area contributed by atoms with Gasteiger partial charge >= 0.3 is 0 Å². The highest BCUT2D eigenvalue weighted by atomic mass is 32.2. The summed E-state index contributed by atoms with van der Waals surface area (Å²) in [5.74, 6) is 0.215. The van der Waals surface area contributed by atoms with Gasteiger partial charge in [-0.1, -0.05) is 30.0 Å². The lowest BCUT2D eigenvalue weighted by molar-refractivity contribution is 0.419. The molecule has 0 atom stereocenters. The average Bonchev–Trinajstić information content (AvgIpc) is 2.72. The van der Waals surface area contributed by atoms with Crippen molar-refractivity contribution in [3.05, 3.63) is 93.0 Å². The molecule has 28 heavy (non-hydrogen) atoms. The minimum absolute atomic E-state index is 0.161. The molecule has 0 saturated carbocycles. The van der Waals surface area contributed by atoms with Crippen LogP contribution >= 0.6 is 11.8 Å². The minimum Gasteiger partial charge on any atom is -0.502 e. The highest BCUT2D eigenvalue weighted by Gasteiger charge is 2.13. The fourth-order valence-electron chi connectivity index (χ4n) is 2.71. The van der Waals surface area contributed by atoms with E-state index in [4.69, 9.17) is 4.42 Å². The van der Waals surface area contributed by atoms with Gasteiger partial charge in [-0.3, -0.25) is 19.1 Å². The van der Waals surface area contributed by atoms with Gasteiger partial charge in [0.25, 0.3) is 5.56 Å². The van der Waals surface area contributed by atoms with E-state index in [1.54, 1.807) is 29.0 Å². The van der Waals surface area contributed by atoms with Crippen molar-refractivity contribution in [2.75, 3.05) is 0 Å². The summed E-state index contributed by atoms with van der Waals surface area (Å²) in [5, 5.41) is 10.3. The van der Waals surface area contributed by atoms with Gasteiger partial charge in [0.1, 0.15) is 12.0 Å². The van der Waals surface area contributed by atoms with Gasteiger partial charge in [0.2, 0.25) is 5.43 Å². The summed E-state index contributed by atoms with van der Waals surface area (Å²) in [6.07, 6.45) is 2.68. The molecule has 0 unspecified atom stereocenters. The number of fused-ring (bicyclic) bond motifs is 1. The first-order valence-corrected chi connectivity index (χ1v) is 9.43. The van der Waals surface area contributed by atoms with Crippen LogP contribution < -0.4 is 11.0 Å². The second-order valence-electron chi connectivity index (χ2n) is 6.01. The van der Waals surface area contributed by atoms with Crippen molar-refractivity contribution in [2.45, 2.75) is 17.5 Å². The summed E-state index contributed by atoms with van der Waals surface area (Å²) in [5.41, 5.74) is 0.657. The molecule has 0 aliphatic carbocycles. The molecule has 3 heterocycles. The van der Waals surface area contributed by atoms with Crippen molar-refractivity contribution in [3.8, 4) is 5.75 Å². The maximum absolute atomic E-state index is 13.0. The molecule has 8 heteroatoms. The Balaban J connectivity index is 1.74. The van der Waals surface area contributed by atoms with Crippen LogP contribution in [0.15, 0.2) is 80.2 Å². The quantitative estimate of drug-likeness (QED) is 0.411. The lowest BCUT2D eigenvalue weighted by atomic mass is 10.2. The predicted molar refractivity (Wildman–Crippen MR) is 106 cm³/mol. The van der Waals surface area contributed by atoms with Gasteiger partial charge in [0.15, 0.2) is 10.9 Å². The number of benzene rings is 1. The first-order valence-electron chi connectivity index (χ1n) is 8.45. The van der Waals surface area contributed by atoms with Crippen LogP contribution in [0.2, 0.25) is 0 Å². The van der Waals surface area contributed by atoms with Gasteiger partial charge in [-0.25, -0.2) is 4.98 Å². The van der Waals surface area contributed by atoms with Crippen molar-refractivity contribution >= 4 is 22.7 Å². The zero-order valence-electron chi connectivity index (χ0n) is 14.6. The molecule has 7 nitrogen and oxygen atoms in total. The molecule has 0 aliphatic rings. The Labute approximate surface area is 163 Å². The summed E-state index contributed by atoms with van der Waals surface area (Å²) in [4.78, 5) is 33.5. The van der Waals surface area contributed by atoms with Crippen LogP contribution in [-0.4, -0.2) is 19.6 Å². The molecule has 0 amide bonds. The Morgan fingerprint density at radius 3 is 2.71 bits per heavy atom. The van der Waals surface area contributed by atoms with E-state index in [0.29, 0.717) is 21.8 Å². The largest absolute Gasteiger partial charge is 0.502 e. The number of thioether (sulfide) groups is 1. The fourth-order valence-corrected chi connectivity index (χ4v) is 3.59. The van der Waals surface area contributed by atoms with Gasteiger partial charge in [0.05, 0.1) is 28.9 Å². The lowest BCUT2D eigenvalue weighted by Crippen LogP contribution is -2.24. The summed E-state index contributed by atoms with van der Waals surface area (Å²) in [7, 11) is 0. The lowest BCUT2D eigenvalue weighted by Gasteiger charge is -2.12. The van der Waals surface area contributed by atoms with E-state index in [2.05, 4.69) is 9.97 Å². The Hall–Kier alpha value is -3.39. The van der Waals surface area contributed by atoms with Gasteiger partial charge in [0, 0.05) is 12.3 Å². The van der Waals surface area contributed by atoms with Crippen LogP contribution in [0.25, 0.3) is 10.9 Å². The van der Waals surface area contributed by atoms with Crippen LogP contribution in [-0.2, 0) is 12.3 Å². The Morgan fingerprint density at radius 1 is 1.11 bits per heavy atom. The average molecular weight is 393 g/mol. The van der Waals surface area contributed by atoms with E-state index in [-0.39, 0.29) is 17.9 Å². The molecule has 0 radical (unpaired) electrons. The van der Waals surface area contributed by atoms with E-state index in [9.17, 15) is 14.7 Å². The van der Waals surface area contributed by atoms with Crippen LogP contribution in [0.5, 0.6) is 5.75 Å². The summed E-state index contributed by atoms with van der Waals surface area (Å²) in [6.45, 7) is 0.277. The van der Waals surface area contributed by atoms with Crippen molar-refractivity contribution < 1.29 is 9.52 Å². The number of rotatable bonds is 5. The third-order valence-electron chi connectivity index (χ3n) is 4.08. The van der Waals surface area contributed by atoms with Gasteiger partial charge in [-0.05, 0) is 24.3 Å². The van der Waals surface area contributed by atoms with Crippen molar-refractivity contribution in [3.63, 3.8) is 0 Å². The number of hydrogen-bond acceptors (Lipinski definition) is 7. The van der Waals surface area contributed by atoms with Gasteiger partial charge in [-0.2, -0.15) is 0 Å². The number of pyridine rings is 1. The molecule has 0 aliphatic heterocycles. The molecule has 4 rings (SSSR count). The van der Waals surface area contributed by atoms with Gasteiger partial charge in [-0.15, -0.1) is 0 Å². The third kappa shape index (κ3) is 3.67. The second kappa shape index (κ2) is 7.69. The molecule has 0 saturated heterocycles. The molecule has 4 aromatic rings. The molecular weight excluding hydrogens is 378 g/mol. The minimum atomic E-state index is -0.515. The Morgan fingerprint density at radius 2 is 1.93 bits per heavy atom. The fraction of sp³-hybridized carbons (Fsp3) is 0.100. The molecule has 1 aromatic carbocycles. The number of hydrogen-bond donors (Lipinski definition) is 1. The van der Waals surface area contributed by atoms with Crippen molar-refractivity contribution in [1.29, 1.82) is 0 Å². The van der Waals surface area contributed by atoms with E-state index in [1.807, 2.05) is 24.3 Å². The number of para-hydroxylation sites is 1. The van der Waals surface area contributed by atoms with E-state index in [1.165, 1.54) is 17.8 Å². The molecule has 1 N–H and O–H groups in total. The predicted octanol–water partition coefficient (Wildman–Crippen LogP) is 2.79. The SMILES string of the molecule is O=c1cc(CSc2nc3ccccc3c(=O)n2Cc2ccccn2)occ1O. The standard InChI is InChI=1S/C20H15N3O4S/c24-17-9-14(27-11-18(17)25)12-28-20-22-16-7-2-1-6-15(16)19(26)23(20)10-13-5-3-4-8-21-13/h1-9,11,25H,10,12H2. The van der Waals surface area contributed by atoms with Crippen LogP contribution in [0.3, 0.4) is 0 Å². The molecule has 0 fully saturated rings. The maximum atomic E-state index is 13.0. The molecule has 0 bridgehead atoms. The molecule has 3 aromatic heterocycles. The number of aromatic nitrogens is 3. The zero-order chi connectivity index (χ0) is 19.5. The first-order chi connectivity index (χ1) is 13.6. The van der Waals surface area contributed by atoms with E-state index in [0.717, 1.165) is 12.0 Å². The van der Waals surface area contributed by atoms with E-state index >= 15 is 0 Å². The summed E-state index contributed by atoms with van der Waals surface area (Å²) >= 11 is 1.27. The van der Waals surface area contributed by atoms with Crippen molar-refractivity contribution in [2.24, 2.45) is 0 Å². The highest BCUT2D eigenvalue weighted by Crippen LogP contribution is 2.22. The number of nitrogens with zero attached hydrogens (tertiary/aromatic N) is 3. The van der Waals surface area contributed by atoms with Gasteiger partial charge < -0.3 is 9.52 Å². The number of aromatic hydroxyl groups is 1. The monoisotopic (exact) mass is 393 g/mol. The second-order valence-corrected chi connectivity index (χ2v) is 6.95. The molecular formula is C20H15N3O4S. The Bertz CT molecular complexity index is 1250. The topological polar surface area (TPSA) is 98.2 Å². The van der Waals surface area contributed by atoms with Crippen molar-refractivity contribution in [1.82, 2.24) is 14.5 Å². The first kappa shape index (κ1) is 18.0. The maximum Gasteiger partial charge on any atom is 0.262 e. The van der Waals surface area contributed by atoms with Crippen LogP contribution in [0, 0.1) is 0 Å². The zero-order valence-corrected chi connectivity index (χ0v) is 15.4. The Kier molecular flexibility index (Phi) is 4.94. The smallest absolute Gasteiger partial charge is 0.262 e.